The van der Waals surface area contributed by atoms with Gasteiger partial charge in [-0.25, -0.2) is 8.42 Å². The molecular formula is C38H41Cl2N3O6S. The van der Waals surface area contributed by atoms with E-state index in [9.17, 15) is 18.0 Å². The molecule has 1 N–H and O–H groups in total. The van der Waals surface area contributed by atoms with Gasteiger partial charge in [0.25, 0.3) is 10.0 Å². The molecule has 4 aromatic rings. The number of halogens is 2. The van der Waals surface area contributed by atoms with Gasteiger partial charge in [-0.2, -0.15) is 0 Å². The Kier molecular flexibility index (Phi) is 12.3. The van der Waals surface area contributed by atoms with Crippen molar-refractivity contribution in [3.8, 4) is 11.5 Å². The van der Waals surface area contributed by atoms with Crippen LogP contribution in [0.1, 0.15) is 42.4 Å². The predicted octanol–water partition coefficient (Wildman–Crippen LogP) is 7.21. The lowest BCUT2D eigenvalue weighted by atomic mass is 10.0. The molecule has 1 unspecified atom stereocenters. The molecule has 0 aliphatic heterocycles. The van der Waals surface area contributed by atoms with E-state index >= 15 is 0 Å². The Morgan fingerprint density at radius 3 is 2.24 bits per heavy atom. The van der Waals surface area contributed by atoms with E-state index in [1.165, 1.54) is 37.3 Å². The second-order valence-electron chi connectivity index (χ2n) is 12.3. The summed E-state index contributed by atoms with van der Waals surface area (Å²) >= 11 is 12.9. The summed E-state index contributed by atoms with van der Waals surface area (Å²) in [6.07, 6.45) is 3.89. The highest BCUT2D eigenvalue weighted by molar-refractivity contribution is 7.92. The summed E-state index contributed by atoms with van der Waals surface area (Å²) in [5.74, 6) is -0.383. The van der Waals surface area contributed by atoms with E-state index in [-0.39, 0.29) is 41.2 Å². The molecule has 9 nitrogen and oxygen atoms in total. The Balaban J connectivity index is 1.63. The molecule has 2 amide bonds. The first kappa shape index (κ1) is 37.0. The fourth-order valence-corrected chi connectivity index (χ4v) is 7.98. The number of ether oxygens (including phenoxy) is 2. The van der Waals surface area contributed by atoms with E-state index in [4.69, 9.17) is 32.7 Å². The number of rotatable bonds is 14. The molecule has 5 rings (SSSR count). The zero-order chi connectivity index (χ0) is 35.8. The highest BCUT2D eigenvalue weighted by atomic mass is 35.5. The number of amides is 2. The summed E-state index contributed by atoms with van der Waals surface area (Å²) in [5, 5.41) is 3.89. The number of nitrogens with one attached hydrogen (secondary N) is 1. The molecule has 0 heterocycles. The minimum absolute atomic E-state index is 0.0173. The van der Waals surface area contributed by atoms with Crippen molar-refractivity contribution in [2.75, 3.05) is 25.1 Å². The van der Waals surface area contributed by atoms with Crippen LogP contribution >= 0.6 is 23.2 Å². The standard InChI is InChI=1S/C38H41Cl2N3O6S/c1-26-13-18-32(19-14-26)50(46,47)43(34-23-31(48-2)17-20-36(34)49-3)25-37(44)42(24-28-15-16-29(39)22-33(28)40)35(21-27-9-5-4-6-10-27)38(45)41-30-11-7-8-12-30/h4-6,9-10,13-20,22-23,30,35H,7-8,11-12,21,24-25H2,1-3H3,(H,41,45). The van der Waals surface area contributed by atoms with E-state index in [0.717, 1.165) is 41.1 Å². The summed E-state index contributed by atoms with van der Waals surface area (Å²) in [7, 11) is -1.48. The molecule has 0 spiro atoms. The minimum atomic E-state index is -4.36. The minimum Gasteiger partial charge on any atom is -0.497 e. The van der Waals surface area contributed by atoms with Crippen LogP contribution in [0.15, 0.2) is 95.9 Å². The van der Waals surface area contributed by atoms with E-state index in [1.807, 2.05) is 37.3 Å². The normalized spacial score (nSPS) is 13.8. The van der Waals surface area contributed by atoms with E-state index in [0.29, 0.717) is 21.4 Å². The monoisotopic (exact) mass is 737 g/mol. The Labute approximate surface area is 304 Å². The quantitative estimate of drug-likeness (QED) is 0.147. The number of hydrogen-bond acceptors (Lipinski definition) is 6. The third-order valence-electron chi connectivity index (χ3n) is 8.87. The molecule has 1 atom stereocenters. The summed E-state index contributed by atoms with van der Waals surface area (Å²) in [6.45, 7) is 1.11. The highest BCUT2D eigenvalue weighted by Crippen LogP contribution is 2.36. The fraction of sp³-hybridized carbons (Fsp3) is 0.316. The molecule has 0 bridgehead atoms. The summed E-state index contributed by atoms with van der Waals surface area (Å²) in [4.78, 5) is 30.5. The van der Waals surface area contributed by atoms with Gasteiger partial charge in [-0.1, -0.05) is 90.1 Å². The van der Waals surface area contributed by atoms with E-state index in [2.05, 4.69) is 5.32 Å². The number of anilines is 1. The number of nitrogens with zero attached hydrogens (tertiary/aromatic N) is 2. The van der Waals surface area contributed by atoms with Crippen LogP contribution < -0.4 is 19.1 Å². The predicted molar refractivity (Wildman–Crippen MR) is 197 cm³/mol. The smallest absolute Gasteiger partial charge is 0.264 e. The fourth-order valence-electron chi connectivity index (χ4n) is 6.10. The van der Waals surface area contributed by atoms with Crippen LogP contribution in [0, 0.1) is 6.92 Å². The summed E-state index contributed by atoms with van der Waals surface area (Å²) in [6, 6.07) is 24.4. The molecule has 1 fully saturated rings. The first-order chi connectivity index (χ1) is 24.0. The first-order valence-corrected chi connectivity index (χ1v) is 18.6. The maximum Gasteiger partial charge on any atom is 0.264 e. The van der Waals surface area contributed by atoms with Crippen molar-refractivity contribution in [2.24, 2.45) is 0 Å². The number of carbonyl (C=O) groups excluding carboxylic acids is 2. The van der Waals surface area contributed by atoms with Crippen LogP contribution in [0.3, 0.4) is 0 Å². The molecule has 0 aromatic heterocycles. The topological polar surface area (TPSA) is 105 Å². The number of carbonyl (C=O) groups is 2. The Morgan fingerprint density at radius 2 is 1.60 bits per heavy atom. The maximum absolute atomic E-state index is 14.9. The lowest BCUT2D eigenvalue weighted by molar-refractivity contribution is -0.140. The third-order valence-corrected chi connectivity index (χ3v) is 11.2. The van der Waals surface area contributed by atoms with E-state index in [1.54, 1.807) is 42.5 Å². The zero-order valence-electron chi connectivity index (χ0n) is 28.3. The largest absolute Gasteiger partial charge is 0.497 e. The van der Waals surface area contributed by atoms with Gasteiger partial charge in [0.15, 0.2) is 0 Å². The van der Waals surface area contributed by atoms with Crippen molar-refractivity contribution in [1.82, 2.24) is 10.2 Å². The van der Waals surface area contributed by atoms with Gasteiger partial charge in [0.2, 0.25) is 11.8 Å². The van der Waals surface area contributed by atoms with Crippen LogP contribution in [-0.2, 0) is 32.6 Å². The third kappa shape index (κ3) is 8.91. The number of sulfonamides is 1. The van der Waals surface area contributed by atoms with Crippen molar-refractivity contribution in [3.63, 3.8) is 0 Å². The van der Waals surface area contributed by atoms with Crippen LogP contribution in [0.2, 0.25) is 10.0 Å². The number of hydrogen-bond donors (Lipinski definition) is 1. The zero-order valence-corrected chi connectivity index (χ0v) is 30.6. The van der Waals surface area contributed by atoms with Gasteiger partial charge in [0.1, 0.15) is 24.1 Å². The molecule has 264 valence electrons. The van der Waals surface area contributed by atoms with Crippen molar-refractivity contribution < 1.29 is 27.5 Å². The van der Waals surface area contributed by atoms with Gasteiger partial charge >= 0.3 is 0 Å². The number of benzene rings is 4. The molecule has 1 saturated carbocycles. The van der Waals surface area contributed by atoms with Crippen LogP contribution in [0.25, 0.3) is 0 Å². The molecular weight excluding hydrogens is 697 g/mol. The van der Waals surface area contributed by atoms with Crippen molar-refractivity contribution in [1.29, 1.82) is 0 Å². The molecule has 1 aliphatic rings. The van der Waals surface area contributed by atoms with Crippen LogP contribution in [0.4, 0.5) is 5.69 Å². The number of methoxy groups -OCH3 is 2. The summed E-state index contributed by atoms with van der Waals surface area (Å²) in [5.41, 5.74) is 2.34. The van der Waals surface area contributed by atoms with Crippen LogP contribution in [0.5, 0.6) is 11.5 Å². The Bertz CT molecular complexity index is 1900. The average Bonchev–Trinajstić information content (AvgIpc) is 3.62. The van der Waals surface area contributed by atoms with Gasteiger partial charge in [-0.3, -0.25) is 13.9 Å². The average molecular weight is 739 g/mol. The molecule has 0 radical (unpaired) electrons. The molecule has 0 saturated heterocycles. The molecule has 1 aliphatic carbocycles. The SMILES string of the molecule is COc1ccc(OC)c(N(CC(=O)N(Cc2ccc(Cl)cc2Cl)C(Cc2ccccc2)C(=O)NC2CCCC2)S(=O)(=O)c2ccc(C)cc2)c1. The van der Waals surface area contributed by atoms with Gasteiger partial charge in [-0.05, 0) is 67.3 Å². The van der Waals surface area contributed by atoms with Crippen molar-refractivity contribution in [3.05, 3.63) is 118 Å². The second kappa shape index (κ2) is 16.6. The van der Waals surface area contributed by atoms with Gasteiger partial charge in [0.05, 0.1) is 24.8 Å². The van der Waals surface area contributed by atoms with Crippen molar-refractivity contribution in [2.45, 2.75) is 62.6 Å². The van der Waals surface area contributed by atoms with Gasteiger partial charge in [0, 0.05) is 35.1 Å². The molecule has 12 heteroatoms. The Hall–Kier alpha value is -4.25. The van der Waals surface area contributed by atoms with Gasteiger partial charge in [-0.15, -0.1) is 0 Å². The Morgan fingerprint density at radius 1 is 0.900 bits per heavy atom. The molecule has 50 heavy (non-hydrogen) atoms. The van der Waals surface area contributed by atoms with Gasteiger partial charge < -0.3 is 19.7 Å². The lowest BCUT2D eigenvalue weighted by Gasteiger charge is -2.34. The van der Waals surface area contributed by atoms with E-state index < -0.39 is 28.5 Å². The first-order valence-electron chi connectivity index (χ1n) is 16.4. The maximum atomic E-state index is 14.9. The van der Waals surface area contributed by atoms with Crippen molar-refractivity contribution >= 4 is 50.7 Å². The lowest BCUT2D eigenvalue weighted by Crippen LogP contribution is -2.54. The number of aryl methyl sites for hydroxylation is 1. The molecule has 4 aromatic carbocycles. The highest BCUT2D eigenvalue weighted by Gasteiger charge is 2.37. The summed E-state index contributed by atoms with van der Waals surface area (Å²) < 4.78 is 41.0. The second-order valence-corrected chi connectivity index (χ2v) is 15.0. The van der Waals surface area contributed by atoms with Crippen LogP contribution in [-0.4, -0.2) is 58.0 Å².